The van der Waals surface area contributed by atoms with Gasteiger partial charge in [-0.25, -0.2) is 10.8 Å². The maximum atomic E-state index is 12.0. The summed E-state index contributed by atoms with van der Waals surface area (Å²) >= 11 is 0. The quantitative estimate of drug-likeness (QED) is 0.615. The molecule has 1 rings (SSSR count). The Kier molecular flexibility index (Phi) is 4.71. The number of anilines is 1. The van der Waals surface area contributed by atoms with Gasteiger partial charge in [-0.2, -0.15) is 13.2 Å². The van der Waals surface area contributed by atoms with Crippen molar-refractivity contribution in [3.8, 4) is 0 Å². The molecule has 0 aliphatic heterocycles. The first-order valence-electron chi connectivity index (χ1n) is 5.08. The van der Waals surface area contributed by atoms with Crippen LogP contribution < -0.4 is 11.3 Å². The minimum atomic E-state index is -4.12. The molecule has 0 bridgehead atoms. The normalized spacial score (nSPS) is 11.9. The minimum Gasteiger partial charge on any atom is -0.308 e. The molecule has 0 unspecified atom stereocenters. The first-order chi connectivity index (χ1) is 7.90. The zero-order chi connectivity index (χ0) is 12.9. The number of rotatable bonds is 5. The molecule has 0 amide bonds. The van der Waals surface area contributed by atoms with Crippen LogP contribution in [-0.4, -0.2) is 29.7 Å². The average Bonchev–Trinajstić information content (AvgIpc) is 2.26. The topological polar surface area (TPSA) is 54.2 Å². The van der Waals surface area contributed by atoms with E-state index in [1.54, 1.807) is 30.1 Å². The molecule has 0 fully saturated rings. The molecule has 0 radical (unpaired) electrons. The standard InChI is InChI=1S/C10H15F3N4/c1-17(6-5-10(11,12)13)7-8-3-2-4-9(15-8)16-14/h2-4H,5-7,14H2,1H3,(H,15,16). The second kappa shape index (κ2) is 5.83. The lowest BCUT2D eigenvalue weighted by atomic mass is 10.3. The SMILES string of the molecule is CN(CCC(F)(F)F)Cc1cccc(NN)n1. The Morgan fingerprint density at radius 1 is 1.41 bits per heavy atom. The molecular formula is C10H15F3N4. The summed E-state index contributed by atoms with van der Waals surface area (Å²) in [5.41, 5.74) is 3.06. The third kappa shape index (κ3) is 5.50. The number of nitrogens with zero attached hydrogens (tertiary/aromatic N) is 2. The van der Waals surface area contributed by atoms with E-state index < -0.39 is 12.6 Å². The van der Waals surface area contributed by atoms with Crippen LogP contribution in [0.3, 0.4) is 0 Å². The molecule has 0 aliphatic carbocycles. The van der Waals surface area contributed by atoms with E-state index in [2.05, 4.69) is 10.4 Å². The van der Waals surface area contributed by atoms with E-state index in [1.807, 2.05) is 0 Å². The van der Waals surface area contributed by atoms with E-state index in [-0.39, 0.29) is 6.54 Å². The molecule has 3 N–H and O–H groups in total. The maximum absolute atomic E-state index is 12.0. The Hall–Kier alpha value is -1.34. The summed E-state index contributed by atoms with van der Waals surface area (Å²) in [6, 6.07) is 5.17. The van der Waals surface area contributed by atoms with Crippen LogP contribution in [-0.2, 0) is 6.54 Å². The van der Waals surface area contributed by atoms with Crippen LogP contribution in [0.5, 0.6) is 0 Å². The van der Waals surface area contributed by atoms with Crippen LogP contribution in [0.15, 0.2) is 18.2 Å². The summed E-state index contributed by atoms with van der Waals surface area (Å²) in [5.74, 6) is 5.68. The Balaban J connectivity index is 2.47. The molecule has 0 spiro atoms. The number of alkyl halides is 3. The first-order valence-corrected chi connectivity index (χ1v) is 5.08. The van der Waals surface area contributed by atoms with Gasteiger partial charge in [-0.1, -0.05) is 6.07 Å². The van der Waals surface area contributed by atoms with E-state index in [1.165, 1.54) is 0 Å². The highest BCUT2D eigenvalue weighted by Crippen LogP contribution is 2.19. The summed E-state index contributed by atoms with van der Waals surface area (Å²) in [6.45, 7) is 0.303. The van der Waals surface area contributed by atoms with Crippen molar-refractivity contribution < 1.29 is 13.2 Å². The van der Waals surface area contributed by atoms with E-state index in [0.717, 1.165) is 0 Å². The van der Waals surface area contributed by atoms with Crippen LogP contribution in [0.25, 0.3) is 0 Å². The van der Waals surface area contributed by atoms with Gasteiger partial charge in [0.05, 0.1) is 12.1 Å². The van der Waals surface area contributed by atoms with Gasteiger partial charge in [-0.15, -0.1) is 0 Å². The van der Waals surface area contributed by atoms with E-state index in [0.29, 0.717) is 18.1 Å². The summed E-state index contributed by atoms with van der Waals surface area (Å²) in [5, 5.41) is 0. The van der Waals surface area contributed by atoms with Gasteiger partial charge in [0, 0.05) is 13.1 Å². The second-order valence-electron chi connectivity index (χ2n) is 3.76. The third-order valence-corrected chi connectivity index (χ3v) is 2.16. The molecule has 17 heavy (non-hydrogen) atoms. The van der Waals surface area contributed by atoms with Crippen molar-refractivity contribution >= 4 is 5.82 Å². The molecule has 0 aromatic carbocycles. The molecule has 1 aromatic heterocycles. The van der Waals surface area contributed by atoms with Gasteiger partial charge in [0.2, 0.25) is 0 Å². The highest BCUT2D eigenvalue weighted by molar-refractivity contribution is 5.33. The molecule has 0 aliphatic rings. The fraction of sp³-hybridized carbons (Fsp3) is 0.500. The lowest BCUT2D eigenvalue weighted by Gasteiger charge is -2.17. The smallest absolute Gasteiger partial charge is 0.308 e. The summed E-state index contributed by atoms with van der Waals surface area (Å²) in [4.78, 5) is 5.68. The van der Waals surface area contributed by atoms with Gasteiger partial charge in [0.15, 0.2) is 0 Å². The van der Waals surface area contributed by atoms with Crippen LogP contribution in [0.4, 0.5) is 19.0 Å². The van der Waals surface area contributed by atoms with Crippen LogP contribution in [0, 0.1) is 0 Å². The van der Waals surface area contributed by atoms with Crippen LogP contribution in [0.2, 0.25) is 0 Å². The number of pyridine rings is 1. The molecule has 1 aromatic rings. The Labute approximate surface area is 97.6 Å². The molecule has 4 nitrogen and oxygen atoms in total. The largest absolute Gasteiger partial charge is 0.390 e. The number of nitrogens with two attached hydrogens (primary N) is 1. The minimum absolute atomic E-state index is 0.0501. The fourth-order valence-corrected chi connectivity index (χ4v) is 1.32. The second-order valence-corrected chi connectivity index (χ2v) is 3.76. The number of hydrazine groups is 1. The Morgan fingerprint density at radius 2 is 2.12 bits per heavy atom. The number of aromatic nitrogens is 1. The van der Waals surface area contributed by atoms with Crippen molar-refractivity contribution in [1.29, 1.82) is 0 Å². The average molecular weight is 248 g/mol. The van der Waals surface area contributed by atoms with Crippen molar-refractivity contribution in [2.45, 2.75) is 19.1 Å². The highest BCUT2D eigenvalue weighted by atomic mass is 19.4. The van der Waals surface area contributed by atoms with E-state index in [9.17, 15) is 13.2 Å². The fourth-order valence-electron chi connectivity index (χ4n) is 1.32. The first kappa shape index (κ1) is 13.7. The van der Waals surface area contributed by atoms with Gasteiger partial charge in [-0.05, 0) is 19.2 Å². The van der Waals surface area contributed by atoms with Crippen molar-refractivity contribution in [1.82, 2.24) is 9.88 Å². The molecule has 0 saturated heterocycles. The lowest BCUT2D eigenvalue weighted by molar-refractivity contribution is -0.137. The predicted octanol–water partition coefficient (Wildman–Crippen LogP) is 1.75. The van der Waals surface area contributed by atoms with Gasteiger partial charge in [-0.3, -0.25) is 0 Å². The number of hydrogen-bond acceptors (Lipinski definition) is 4. The maximum Gasteiger partial charge on any atom is 0.390 e. The molecule has 0 atom stereocenters. The van der Waals surface area contributed by atoms with E-state index >= 15 is 0 Å². The van der Waals surface area contributed by atoms with Crippen molar-refractivity contribution in [3.63, 3.8) is 0 Å². The number of halogens is 3. The Morgan fingerprint density at radius 3 is 2.71 bits per heavy atom. The van der Waals surface area contributed by atoms with Crippen LogP contribution in [0.1, 0.15) is 12.1 Å². The predicted molar refractivity (Wildman–Crippen MR) is 59.1 cm³/mol. The summed E-state index contributed by atoms with van der Waals surface area (Å²) < 4.78 is 36.0. The van der Waals surface area contributed by atoms with Crippen molar-refractivity contribution in [2.75, 3.05) is 19.0 Å². The molecule has 0 saturated carbocycles. The van der Waals surface area contributed by atoms with E-state index in [4.69, 9.17) is 5.84 Å². The van der Waals surface area contributed by atoms with Gasteiger partial charge in [0.25, 0.3) is 0 Å². The third-order valence-electron chi connectivity index (χ3n) is 2.16. The Bertz CT molecular complexity index is 354. The van der Waals surface area contributed by atoms with Gasteiger partial charge < -0.3 is 10.3 Å². The summed E-state index contributed by atoms with van der Waals surface area (Å²) in [7, 11) is 1.62. The van der Waals surface area contributed by atoms with Gasteiger partial charge >= 0.3 is 6.18 Å². The van der Waals surface area contributed by atoms with Crippen molar-refractivity contribution in [3.05, 3.63) is 23.9 Å². The number of nitrogen functional groups attached to an aromatic ring is 1. The number of nitrogens with one attached hydrogen (secondary N) is 1. The van der Waals surface area contributed by atoms with Crippen molar-refractivity contribution in [2.24, 2.45) is 5.84 Å². The molecule has 1 heterocycles. The monoisotopic (exact) mass is 248 g/mol. The summed E-state index contributed by atoms with van der Waals surface area (Å²) in [6.07, 6.45) is -4.94. The zero-order valence-corrected chi connectivity index (χ0v) is 9.46. The highest BCUT2D eigenvalue weighted by Gasteiger charge is 2.27. The molecular weight excluding hydrogens is 233 g/mol. The van der Waals surface area contributed by atoms with Gasteiger partial charge in [0.1, 0.15) is 5.82 Å². The number of hydrogen-bond donors (Lipinski definition) is 2. The zero-order valence-electron chi connectivity index (χ0n) is 9.46. The molecule has 96 valence electrons. The lowest BCUT2D eigenvalue weighted by Crippen LogP contribution is -2.24. The molecule has 7 heteroatoms. The van der Waals surface area contributed by atoms with Crippen LogP contribution >= 0.6 is 0 Å².